The second-order valence-corrected chi connectivity index (χ2v) is 7.44. The third-order valence-corrected chi connectivity index (χ3v) is 5.18. The van der Waals surface area contributed by atoms with Crippen molar-refractivity contribution < 1.29 is 27.4 Å². The molecule has 0 saturated heterocycles. The van der Waals surface area contributed by atoms with Crippen LogP contribution in [0.25, 0.3) is 16.9 Å². The Balaban J connectivity index is 1.77. The van der Waals surface area contributed by atoms with Gasteiger partial charge in [0.2, 0.25) is 0 Å². The third-order valence-electron chi connectivity index (χ3n) is 4.83. The molecular formula is C23H18ClF3N4O3. The maximum absolute atomic E-state index is 13.9. The molecule has 4 rings (SSSR count). The summed E-state index contributed by atoms with van der Waals surface area (Å²) in [5.41, 5.74) is -1.05. The zero-order valence-corrected chi connectivity index (χ0v) is 18.7. The van der Waals surface area contributed by atoms with Crippen LogP contribution in [0.3, 0.4) is 0 Å². The van der Waals surface area contributed by atoms with Crippen LogP contribution in [0.2, 0.25) is 5.02 Å². The Hall–Kier alpha value is -3.79. The maximum atomic E-state index is 13.9. The summed E-state index contributed by atoms with van der Waals surface area (Å²) in [6, 6.07) is 13.7. The lowest BCUT2D eigenvalue weighted by atomic mass is 10.1. The van der Waals surface area contributed by atoms with E-state index >= 15 is 0 Å². The van der Waals surface area contributed by atoms with E-state index in [4.69, 9.17) is 21.1 Å². The van der Waals surface area contributed by atoms with Crippen molar-refractivity contribution in [2.24, 2.45) is 0 Å². The smallest absolute Gasteiger partial charge is 0.433 e. The van der Waals surface area contributed by atoms with E-state index in [0.29, 0.717) is 33.9 Å². The summed E-state index contributed by atoms with van der Waals surface area (Å²) >= 11 is 6.31. The zero-order valence-electron chi connectivity index (χ0n) is 18.0. The largest absolute Gasteiger partial charge is 0.497 e. The van der Waals surface area contributed by atoms with Crippen molar-refractivity contribution in [2.45, 2.75) is 13.1 Å². The molecule has 0 aliphatic heterocycles. The minimum atomic E-state index is -4.78. The lowest BCUT2D eigenvalue weighted by Crippen LogP contribution is -2.15. The number of halogens is 4. The Morgan fingerprint density at radius 1 is 1.12 bits per heavy atom. The van der Waals surface area contributed by atoms with Gasteiger partial charge < -0.3 is 14.8 Å². The Kier molecular flexibility index (Phi) is 6.34. The number of carbonyl (C=O) groups excluding carboxylic acids is 1. The van der Waals surface area contributed by atoms with Crippen LogP contribution in [-0.2, 0) is 6.18 Å². The zero-order chi connectivity index (χ0) is 24.5. The van der Waals surface area contributed by atoms with Crippen LogP contribution in [0.1, 0.15) is 23.1 Å². The van der Waals surface area contributed by atoms with Gasteiger partial charge in [-0.3, -0.25) is 4.79 Å². The van der Waals surface area contributed by atoms with E-state index in [0.717, 1.165) is 6.07 Å². The first-order chi connectivity index (χ1) is 16.2. The van der Waals surface area contributed by atoms with Gasteiger partial charge in [0.15, 0.2) is 17.0 Å². The Bertz CT molecular complexity index is 1350. The van der Waals surface area contributed by atoms with Crippen molar-refractivity contribution in [3.63, 3.8) is 0 Å². The predicted octanol–water partition coefficient (Wildman–Crippen LogP) is 5.73. The highest BCUT2D eigenvalue weighted by atomic mass is 35.5. The average molecular weight is 491 g/mol. The highest BCUT2D eigenvalue weighted by Gasteiger charge is 2.36. The summed E-state index contributed by atoms with van der Waals surface area (Å²) in [7, 11) is 1.44. The van der Waals surface area contributed by atoms with Crippen molar-refractivity contribution in [3.05, 3.63) is 71.0 Å². The number of ether oxygens (including phenoxy) is 2. The van der Waals surface area contributed by atoms with E-state index in [1.54, 1.807) is 48.5 Å². The first-order valence-electron chi connectivity index (χ1n) is 10.1. The van der Waals surface area contributed by atoms with Gasteiger partial charge in [0.25, 0.3) is 5.91 Å². The number of hydrogen-bond donors (Lipinski definition) is 1. The number of benzene rings is 2. The highest BCUT2D eigenvalue weighted by Crippen LogP contribution is 2.35. The quantitative estimate of drug-likeness (QED) is 0.373. The summed E-state index contributed by atoms with van der Waals surface area (Å²) in [5.74, 6) is 0.272. The van der Waals surface area contributed by atoms with E-state index < -0.39 is 23.5 Å². The van der Waals surface area contributed by atoms with Crippen LogP contribution in [0, 0.1) is 0 Å². The minimum absolute atomic E-state index is 0.000930. The van der Waals surface area contributed by atoms with Gasteiger partial charge in [-0.05, 0) is 49.4 Å². The number of nitrogens with zero attached hydrogens (tertiary/aromatic N) is 3. The van der Waals surface area contributed by atoms with Crippen LogP contribution >= 0.6 is 11.6 Å². The van der Waals surface area contributed by atoms with Crippen molar-refractivity contribution >= 4 is 28.8 Å². The Labute approximate surface area is 197 Å². The molecule has 4 aromatic rings. The molecule has 0 atom stereocenters. The van der Waals surface area contributed by atoms with Crippen molar-refractivity contribution in [3.8, 4) is 22.8 Å². The second-order valence-electron chi connectivity index (χ2n) is 7.07. The van der Waals surface area contributed by atoms with Gasteiger partial charge >= 0.3 is 6.18 Å². The fraction of sp³-hybridized carbons (Fsp3) is 0.174. The monoisotopic (exact) mass is 490 g/mol. The molecule has 1 amide bonds. The fourth-order valence-electron chi connectivity index (χ4n) is 3.26. The van der Waals surface area contributed by atoms with E-state index in [-0.39, 0.29) is 16.4 Å². The normalized spacial score (nSPS) is 11.5. The van der Waals surface area contributed by atoms with E-state index in [1.807, 2.05) is 6.92 Å². The molecule has 1 N–H and O–H groups in total. The molecule has 2 aromatic heterocycles. The molecular weight excluding hydrogens is 473 g/mol. The average Bonchev–Trinajstić information content (AvgIpc) is 3.16. The number of alkyl halides is 3. The molecule has 0 aliphatic rings. The number of fused-ring (bicyclic) bond motifs is 1. The number of anilines is 1. The first-order valence-corrected chi connectivity index (χ1v) is 10.4. The number of methoxy groups -OCH3 is 1. The maximum Gasteiger partial charge on any atom is 0.433 e. The van der Waals surface area contributed by atoms with Crippen LogP contribution < -0.4 is 14.8 Å². The summed E-state index contributed by atoms with van der Waals surface area (Å²) in [6.45, 7) is 2.32. The van der Waals surface area contributed by atoms with Gasteiger partial charge in [-0.15, -0.1) is 0 Å². The van der Waals surface area contributed by atoms with Crippen molar-refractivity contribution in [1.29, 1.82) is 0 Å². The predicted molar refractivity (Wildman–Crippen MR) is 121 cm³/mol. The first kappa shape index (κ1) is 23.4. The van der Waals surface area contributed by atoms with Crippen LogP contribution in [0.15, 0.2) is 54.6 Å². The molecule has 0 saturated carbocycles. The van der Waals surface area contributed by atoms with Gasteiger partial charge in [-0.2, -0.15) is 18.3 Å². The van der Waals surface area contributed by atoms with Gasteiger partial charge in [0.05, 0.1) is 19.4 Å². The van der Waals surface area contributed by atoms with Gasteiger partial charge in [-0.1, -0.05) is 23.7 Å². The number of aromatic nitrogens is 3. The molecule has 0 unspecified atom stereocenters. The molecule has 0 fully saturated rings. The standard InChI is InChI=1S/C23H18ClF3N4O3/c1-3-34-15-9-7-14(8-10-15)28-22(32)20-19(24)21-29-17(13-5-4-6-16(11-13)33-2)12-18(23(25,26)27)31(21)30-20/h4-12H,3H2,1-2H3,(H,28,32). The number of nitrogens with one attached hydrogen (secondary N) is 1. The number of amides is 1. The van der Waals surface area contributed by atoms with Gasteiger partial charge in [-0.25, -0.2) is 9.50 Å². The minimum Gasteiger partial charge on any atom is -0.497 e. The molecule has 2 heterocycles. The second kappa shape index (κ2) is 9.22. The summed E-state index contributed by atoms with van der Waals surface area (Å²) < 4.78 is 52.7. The lowest BCUT2D eigenvalue weighted by Gasteiger charge is -2.11. The molecule has 176 valence electrons. The SMILES string of the molecule is CCOc1ccc(NC(=O)c2nn3c(C(F)(F)F)cc(-c4cccc(OC)c4)nc3c2Cl)cc1. The molecule has 0 radical (unpaired) electrons. The molecule has 0 aliphatic carbocycles. The van der Waals surface area contributed by atoms with E-state index in [2.05, 4.69) is 15.4 Å². The molecule has 11 heteroatoms. The Morgan fingerprint density at radius 2 is 1.85 bits per heavy atom. The number of rotatable bonds is 6. The molecule has 0 bridgehead atoms. The number of hydrogen-bond acceptors (Lipinski definition) is 5. The van der Waals surface area contributed by atoms with Crippen molar-refractivity contribution in [1.82, 2.24) is 14.6 Å². The van der Waals surface area contributed by atoms with E-state index in [9.17, 15) is 18.0 Å². The van der Waals surface area contributed by atoms with Gasteiger partial charge in [0, 0.05) is 11.3 Å². The molecule has 7 nitrogen and oxygen atoms in total. The van der Waals surface area contributed by atoms with E-state index in [1.165, 1.54) is 7.11 Å². The third kappa shape index (κ3) is 4.62. The van der Waals surface area contributed by atoms with Crippen LogP contribution in [-0.4, -0.2) is 34.2 Å². The molecule has 34 heavy (non-hydrogen) atoms. The number of carbonyl (C=O) groups is 1. The summed E-state index contributed by atoms with van der Waals surface area (Å²) in [6.07, 6.45) is -4.78. The summed E-state index contributed by atoms with van der Waals surface area (Å²) in [5, 5.41) is 6.09. The molecule has 2 aromatic carbocycles. The van der Waals surface area contributed by atoms with Crippen molar-refractivity contribution in [2.75, 3.05) is 19.0 Å². The summed E-state index contributed by atoms with van der Waals surface area (Å²) in [4.78, 5) is 17.0. The lowest BCUT2D eigenvalue weighted by molar-refractivity contribution is -0.142. The van der Waals surface area contributed by atoms with Gasteiger partial charge in [0.1, 0.15) is 16.5 Å². The van der Waals surface area contributed by atoms with Crippen LogP contribution in [0.4, 0.5) is 18.9 Å². The topological polar surface area (TPSA) is 77.8 Å². The Morgan fingerprint density at radius 3 is 2.50 bits per heavy atom. The molecule has 0 spiro atoms. The fourth-order valence-corrected chi connectivity index (χ4v) is 3.51. The highest BCUT2D eigenvalue weighted by molar-refractivity contribution is 6.37. The van der Waals surface area contributed by atoms with Crippen LogP contribution in [0.5, 0.6) is 11.5 Å².